The van der Waals surface area contributed by atoms with Crippen LogP contribution in [0, 0.1) is 11.7 Å². The summed E-state index contributed by atoms with van der Waals surface area (Å²) in [6.07, 6.45) is 0.131. The number of anilines is 1. The standard InChI is InChI=1S/C19H18ClFN2O2/c1-22(11-13-6-2-4-8-16(13)21)19(25)14-10-18(24)23(12-14)17-9-5-3-7-15(17)20/h2-9,14H,10-12H2,1H3. The number of carbonyl (C=O) groups excluding carboxylic acids is 2. The van der Waals surface area contributed by atoms with Crippen molar-refractivity contribution >= 4 is 29.1 Å². The number of nitrogens with zero attached hydrogens (tertiary/aromatic N) is 2. The lowest BCUT2D eigenvalue weighted by molar-refractivity contribution is -0.135. The second-order valence-corrected chi connectivity index (χ2v) is 6.55. The SMILES string of the molecule is CN(Cc1ccccc1F)C(=O)C1CC(=O)N(c2ccccc2Cl)C1. The van der Waals surface area contributed by atoms with Crippen LogP contribution < -0.4 is 4.90 Å². The monoisotopic (exact) mass is 360 g/mol. The largest absolute Gasteiger partial charge is 0.341 e. The van der Waals surface area contributed by atoms with Gasteiger partial charge in [0.25, 0.3) is 0 Å². The molecule has 1 unspecified atom stereocenters. The number of carbonyl (C=O) groups is 2. The Morgan fingerprint density at radius 3 is 2.64 bits per heavy atom. The van der Waals surface area contributed by atoms with Gasteiger partial charge in [-0.25, -0.2) is 4.39 Å². The third kappa shape index (κ3) is 3.66. The molecule has 1 aliphatic heterocycles. The van der Waals surface area contributed by atoms with Gasteiger partial charge in [0, 0.05) is 32.1 Å². The summed E-state index contributed by atoms with van der Waals surface area (Å²) in [6, 6.07) is 13.4. The first-order valence-corrected chi connectivity index (χ1v) is 8.38. The number of hydrogen-bond donors (Lipinski definition) is 0. The lowest BCUT2D eigenvalue weighted by Crippen LogP contribution is -2.34. The summed E-state index contributed by atoms with van der Waals surface area (Å²) in [5, 5.41) is 0.476. The Hall–Kier alpha value is -2.40. The highest BCUT2D eigenvalue weighted by molar-refractivity contribution is 6.33. The van der Waals surface area contributed by atoms with Gasteiger partial charge >= 0.3 is 0 Å². The van der Waals surface area contributed by atoms with Gasteiger partial charge in [0.05, 0.1) is 16.6 Å². The molecule has 2 aromatic carbocycles. The predicted octanol–water partition coefficient (Wildman–Crippen LogP) is 3.49. The van der Waals surface area contributed by atoms with E-state index >= 15 is 0 Å². The molecule has 4 nitrogen and oxygen atoms in total. The molecule has 1 heterocycles. The first kappa shape index (κ1) is 17.4. The molecule has 2 amide bonds. The van der Waals surface area contributed by atoms with E-state index in [1.807, 2.05) is 0 Å². The van der Waals surface area contributed by atoms with Crippen molar-refractivity contribution in [1.29, 1.82) is 0 Å². The van der Waals surface area contributed by atoms with E-state index in [0.717, 1.165) is 0 Å². The predicted molar refractivity (Wildman–Crippen MR) is 94.8 cm³/mol. The number of hydrogen-bond acceptors (Lipinski definition) is 2. The van der Waals surface area contributed by atoms with Crippen molar-refractivity contribution in [2.24, 2.45) is 5.92 Å². The van der Waals surface area contributed by atoms with E-state index in [1.165, 1.54) is 11.0 Å². The Kier molecular flexibility index (Phi) is 5.04. The van der Waals surface area contributed by atoms with E-state index in [-0.39, 0.29) is 37.1 Å². The minimum Gasteiger partial charge on any atom is -0.341 e. The second-order valence-electron chi connectivity index (χ2n) is 6.14. The van der Waals surface area contributed by atoms with Crippen LogP contribution in [0.3, 0.4) is 0 Å². The summed E-state index contributed by atoms with van der Waals surface area (Å²) in [6.45, 7) is 0.450. The van der Waals surface area contributed by atoms with Crippen molar-refractivity contribution < 1.29 is 14.0 Å². The number of halogens is 2. The third-order valence-corrected chi connectivity index (χ3v) is 4.68. The van der Waals surface area contributed by atoms with Crippen LogP contribution in [0.2, 0.25) is 5.02 Å². The van der Waals surface area contributed by atoms with Gasteiger partial charge in [0.1, 0.15) is 5.82 Å². The van der Waals surface area contributed by atoms with Gasteiger partial charge < -0.3 is 9.80 Å². The molecule has 3 rings (SSSR count). The molecule has 0 spiro atoms. The highest BCUT2D eigenvalue weighted by Gasteiger charge is 2.37. The van der Waals surface area contributed by atoms with E-state index < -0.39 is 5.92 Å². The van der Waals surface area contributed by atoms with Gasteiger partial charge in [0.15, 0.2) is 0 Å². The number of amides is 2. The van der Waals surface area contributed by atoms with E-state index in [0.29, 0.717) is 16.3 Å². The molecule has 0 aliphatic carbocycles. The van der Waals surface area contributed by atoms with Crippen LogP contribution in [-0.4, -0.2) is 30.3 Å². The van der Waals surface area contributed by atoms with Crippen LogP contribution in [0.25, 0.3) is 0 Å². The van der Waals surface area contributed by atoms with Crippen molar-refractivity contribution in [3.8, 4) is 0 Å². The van der Waals surface area contributed by atoms with Gasteiger partial charge in [0.2, 0.25) is 11.8 Å². The maximum Gasteiger partial charge on any atom is 0.228 e. The minimum absolute atomic E-state index is 0.131. The van der Waals surface area contributed by atoms with Crippen molar-refractivity contribution in [2.75, 3.05) is 18.5 Å². The Labute approximate surface area is 150 Å². The number of para-hydroxylation sites is 1. The molecule has 2 aromatic rings. The quantitative estimate of drug-likeness (QED) is 0.837. The van der Waals surface area contributed by atoms with E-state index in [2.05, 4.69) is 0 Å². The zero-order valence-electron chi connectivity index (χ0n) is 13.8. The lowest BCUT2D eigenvalue weighted by atomic mass is 10.1. The summed E-state index contributed by atoms with van der Waals surface area (Å²) < 4.78 is 13.8. The topological polar surface area (TPSA) is 40.6 Å². The fourth-order valence-corrected chi connectivity index (χ4v) is 3.29. The Morgan fingerprint density at radius 2 is 1.92 bits per heavy atom. The summed E-state index contributed by atoms with van der Waals surface area (Å²) in [4.78, 5) is 28.0. The molecule has 1 fully saturated rings. The second kappa shape index (κ2) is 7.23. The zero-order valence-corrected chi connectivity index (χ0v) is 14.5. The summed E-state index contributed by atoms with van der Waals surface area (Å²) >= 11 is 6.15. The summed E-state index contributed by atoms with van der Waals surface area (Å²) in [7, 11) is 1.62. The normalized spacial score (nSPS) is 17.0. The highest BCUT2D eigenvalue weighted by atomic mass is 35.5. The van der Waals surface area contributed by atoms with Gasteiger partial charge in [-0.2, -0.15) is 0 Å². The zero-order chi connectivity index (χ0) is 18.0. The molecule has 0 aromatic heterocycles. The van der Waals surface area contributed by atoms with Crippen LogP contribution >= 0.6 is 11.6 Å². The number of rotatable bonds is 4. The molecule has 1 aliphatic rings. The van der Waals surface area contributed by atoms with E-state index in [4.69, 9.17) is 11.6 Å². The first-order valence-electron chi connectivity index (χ1n) is 8.00. The number of benzene rings is 2. The molecule has 0 bridgehead atoms. The average molecular weight is 361 g/mol. The molecule has 25 heavy (non-hydrogen) atoms. The maximum atomic E-state index is 13.8. The minimum atomic E-state index is -0.458. The molecule has 130 valence electrons. The summed E-state index contributed by atoms with van der Waals surface area (Å²) in [5.41, 5.74) is 1.06. The van der Waals surface area contributed by atoms with Crippen LogP contribution in [0.5, 0.6) is 0 Å². The maximum absolute atomic E-state index is 13.8. The third-order valence-electron chi connectivity index (χ3n) is 4.36. The van der Waals surface area contributed by atoms with Crippen LogP contribution in [-0.2, 0) is 16.1 Å². The van der Waals surface area contributed by atoms with Gasteiger partial charge in [-0.1, -0.05) is 41.9 Å². The molecule has 0 radical (unpaired) electrons. The van der Waals surface area contributed by atoms with E-state index in [1.54, 1.807) is 54.4 Å². The Morgan fingerprint density at radius 1 is 1.24 bits per heavy atom. The fraction of sp³-hybridized carbons (Fsp3) is 0.263. The average Bonchev–Trinajstić information content (AvgIpc) is 2.98. The summed E-state index contributed by atoms with van der Waals surface area (Å²) in [5.74, 6) is -1.11. The van der Waals surface area contributed by atoms with Crippen LogP contribution in [0.15, 0.2) is 48.5 Å². The van der Waals surface area contributed by atoms with Crippen molar-refractivity contribution in [3.05, 3.63) is 64.9 Å². The Balaban J connectivity index is 1.70. The molecular formula is C19H18ClFN2O2. The molecule has 1 atom stereocenters. The first-order chi connectivity index (χ1) is 12.0. The highest BCUT2D eigenvalue weighted by Crippen LogP contribution is 2.31. The van der Waals surface area contributed by atoms with E-state index in [9.17, 15) is 14.0 Å². The van der Waals surface area contributed by atoms with Crippen molar-refractivity contribution in [3.63, 3.8) is 0 Å². The molecule has 1 saturated heterocycles. The van der Waals surface area contributed by atoms with Gasteiger partial charge in [-0.3, -0.25) is 9.59 Å². The lowest BCUT2D eigenvalue weighted by Gasteiger charge is -2.22. The van der Waals surface area contributed by atoms with Crippen molar-refractivity contribution in [2.45, 2.75) is 13.0 Å². The van der Waals surface area contributed by atoms with Crippen molar-refractivity contribution in [1.82, 2.24) is 4.90 Å². The van der Waals surface area contributed by atoms with Gasteiger partial charge in [-0.15, -0.1) is 0 Å². The molecular weight excluding hydrogens is 343 g/mol. The van der Waals surface area contributed by atoms with Gasteiger partial charge in [-0.05, 0) is 18.2 Å². The molecule has 6 heteroatoms. The van der Waals surface area contributed by atoms with Crippen LogP contribution in [0.1, 0.15) is 12.0 Å². The molecule has 0 saturated carbocycles. The Bertz CT molecular complexity index is 812. The smallest absolute Gasteiger partial charge is 0.228 e. The van der Waals surface area contributed by atoms with Crippen LogP contribution in [0.4, 0.5) is 10.1 Å². The fourth-order valence-electron chi connectivity index (χ4n) is 3.05. The molecule has 0 N–H and O–H groups in total.